The number of amides is 3. The van der Waals surface area contributed by atoms with Crippen LogP contribution in [0.25, 0.3) is 0 Å². The molecule has 2 aliphatic heterocycles. The molecule has 0 aliphatic carbocycles. The molecule has 0 saturated carbocycles. The highest BCUT2D eigenvalue weighted by Gasteiger charge is 2.42. The molecular formula is C23H25N3O5S. The Hall–Kier alpha value is -3.04. The van der Waals surface area contributed by atoms with Crippen molar-refractivity contribution in [2.45, 2.75) is 38.1 Å². The highest BCUT2D eigenvalue weighted by molar-refractivity contribution is 7.89. The molecule has 0 saturated heterocycles. The van der Waals surface area contributed by atoms with Gasteiger partial charge in [-0.15, -0.1) is 0 Å². The number of carbonyl (C=O) groups is 3. The van der Waals surface area contributed by atoms with E-state index in [1.54, 1.807) is 57.2 Å². The van der Waals surface area contributed by atoms with Gasteiger partial charge in [-0.05, 0) is 49.2 Å². The lowest BCUT2D eigenvalue weighted by molar-refractivity contribution is -0.121. The Kier molecular flexibility index (Phi) is 5.64. The van der Waals surface area contributed by atoms with Crippen molar-refractivity contribution < 1.29 is 22.8 Å². The summed E-state index contributed by atoms with van der Waals surface area (Å²) in [5.74, 6) is -1.34. The van der Waals surface area contributed by atoms with Gasteiger partial charge in [0.05, 0.1) is 16.0 Å². The minimum absolute atomic E-state index is 0.197. The Morgan fingerprint density at radius 2 is 1.62 bits per heavy atom. The fraction of sp³-hybridized carbons (Fsp3) is 0.348. The van der Waals surface area contributed by atoms with E-state index in [9.17, 15) is 22.8 Å². The molecular weight excluding hydrogens is 430 g/mol. The summed E-state index contributed by atoms with van der Waals surface area (Å²) in [6.45, 7) is 6.22. The third-order valence-corrected chi connectivity index (χ3v) is 8.17. The Morgan fingerprint density at radius 3 is 2.19 bits per heavy atom. The lowest BCUT2D eigenvalue weighted by Crippen LogP contribution is -2.49. The summed E-state index contributed by atoms with van der Waals surface area (Å²) in [7, 11) is -3.60. The lowest BCUT2D eigenvalue weighted by Gasteiger charge is -2.27. The van der Waals surface area contributed by atoms with E-state index in [2.05, 4.69) is 0 Å². The van der Waals surface area contributed by atoms with E-state index in [-0.39, 0.29) is 10.8 Å². The van der Waals surface area contributed by atoms with E-state index in [0.717, 1.165) is 10.5 Å². The molecule has 2 aliphatic rings. The number of hydrogen-bond donors (Lipinski definition) is 0. The molecule has 0 spiro atoms. The maximum Gasteiger partial charge on any atom is 0.262 e. The van der Waals surface area contributed by atoms with Gasteiger partial charge in [-0.3, -0.25) is 19.3 Å². The van der Waals surface area contributed by atoms with Gasteiger partial charge >= 0.3 is 0 Å². The molecule has 1 atom stereocenters. The smallest absolute Gasteiger partial charge is 0.262 e. The third kappa shape index (κ3) is 3.32. The first-order valence-electron chi connectivity index (χ1n) is 10.6. The van der Waals surface area contributed by atoms with Crippen molar-refractivity contribution in [3.8, 4) is 0 Å². The van der Waals surface area contributed by atoms with Crippen LogP contribution in [0.1, 0.15) is 47.1 Å². The van der Waals surface area contributed by atoms with Crippen LogP contribution in [0, 0.1) is 0 Å². The van der Waals surface area contributed by atoms with Gasteiger partial charge in [0.15, 0.2) is 0 Å². The Labute approximate surface area is 187 Å². The molecule has 2 aromatic carbocycles. The summed E-state index contributed by atoms with van der Waals surface area (Å²) in [5, 5.41) is 0. The topological polar surface area (TPSA) is 95.1 Å². The first-order valence-corrected chi connectivity index (χ1v) is 12.1. The number of benzene rings is 2. The predicted molar refractivity (Wildman–Crippen MR) is 119 cm³/mol. The predicted octanol–water partition coefficient (Wildman–Crippen LogP) is 2.29. The summed E-state index contributed by atoms with van der Waals surface area (Å²) in [6, 6.07) is 10.3. The standard InChI is InChI=1S/C23H25N3O5S/c1-4-24(5-2)32(30,31)17-10-11-20-16(14-17)12-13-25(20)21(27)15(3)26-22(28)18-8-6-7-9-19(18)23(26)29/h6-11,14-15H,4-5,12-13H2,1-3H3. The lowest BCUT2D eigenvalue weighted by atomic mass is 10.1. The van der Waals surface area contributed by atoms with Crippen molar-refractivity contribution in [3.63, 3.8) is 0 Å². The molecule has 0 bridgehead atoms. The first kappa shape index (κ1) is 22.2. The molecule has 0 fully saturated rings. The van der Waals surface area contributed by atoms with Gasteiger partial charge in [0.25, 0.3) is 11.8 Å². The average Bonchev–Trinajstić information content (AvgIpc) is 3.32. The van der Waals surface area contributed by atoms with Crippen molar-refractivity contribution in [1.82, 2.24) is 9.21 Å². The number of sulfonamides is 1. The zero-order valence-electron chi connectivity index (χ0n) is 18.2. The van der Waals surface area contributed by atoms with Gasteiger partial charge in [-0.2, -0.15) is 4.31 Å². The fourth-order valence-electron chi connectivity index (χ4n) is 4.38. The first-order chi connectivity index (χ1) is 15.2. The summed E-state index contributed by atoms with van der Waals surface area (Å²) >= 11 is 0. The summed E-state index contributed by atoms with van der Waals surface area (Å²) in [5.41, 5.74) is 1.95. The van der Waals surface area contributed by atoms with Crippen molar-refractivity contribution in [2.24, 2.45) is 0 Å². The van der Waals surface area contributed by atoms with E-state index >= 15 is 0 Å². The van der Waals surface area contributed by atoms with Gasteiger partial charge in [-0.25, -0.2) is 8.42 Å². The SMILES string of the molecule is CCN(CC)S(=O)(=O)c1ccc2c(c1)CCN2C(=O)C(C)N1C(=O)c2ccccc2C1=O. The van der Waals surface area contributed by atoms with Crippen LogP contribution in [0.4, 0.5) is 5.69 Å². The second-order valence-electron chi connectivity index (χ2n) is 7.82. The number of carbonyl (C=O) groups excluding carboxylic acids is 3. The Morgan fingerprint density at radius 1 is 1.03 bits per heavy atom. The molecule has 168 valence electrons. The highest BCUT2D eigenvalue weighted by Crippen LogP contribution is 2.33. The maximum absolute atomic E-state index is 13.3. The second-order valence-corrected chi connectivity index (χ2v) is 9.76. The molecule has 9 heteroatoms. The Bertz CT molecular complexity index is 1180. The Balaban J connectivity index is 1.59. The molecule has 3 amide bonds. The number of anilines is 1. The van der Waals surface area contributed by atoms with Gasteiger partial charge < -0.3 is 4.90 Å². The van der Waals surface area contributed by atoms with Gasteiger partial charge in [0.2, 0.25) is 15.9 Å². The molecule has 32 heavy (non-hydrogen) atoms. The average molecular weight is 456 g/mol. The van der Waals surface area contributed by atoms with E-state index in [1.165, 1.54) is 15.3 Å². The quantitative estimate of drug-likeness (QED) is 0.623. The maximum atomic E-state index is 13.3. The van der Waals surface area contributed by atoms with Crippen LogP contribution in [0.15, 0.2) is 47.4 Å². The number of hydrogen-bond acceptors (Lipinski definition) is 5. The number of rotatable bonds is 6. The largest absolute Gasteiger partial charge is 0.310 e. The van der Waals surface area contributed by atoms with Crippen molar-refractivity contribution in [1.29, 1.82) is 0 Å². The highest BCUT2D eigenvalue weighted by atomic mass is 32.2. The van der Waals surface area contributed by atoms with Crippen molar-refractivity contribution in [2.75, 3.05) is 24.5 Å². The van der Waals surface area contributed by atoms with E-state index in [1.807, 2.05) is 0 Å². The molecule has 4 rings (SSSR count). The zero-order valence-corrected chi connectivity index (χ0v) is 19.1. The van der Waals surface area contributed by atoms with Crippen molar-refractivity contribution in [3.05, 3.63) is 59.2 Å². The van der Waals surface area contributed by atoms with Gasteiger partial charge in [0, 0.05) is 25.3 Å². The summed E-state index contributed by atoms with van der Waals surface area (Å²) in [6.07, 6.45) is 0.498. The van der Waals surface area contributed by atoms with Crippen LogP contribution in [0.2, 0.25) is 0 Å². The summed E-state index contributed by atoms with van der Waals surface area (Å²) in [4.78, 5) is 41.5. The normalized spacial score (nSPS) is 16.5. The van der Waals surface area contributed by atoms with Gasteiger partial charge in [-0.1, -0.05) is 26.0 Å². The number of nitrogens with zero attached hydrogens (tertiary/aromatic N) is 3. The molecule has 1 unspecified atom stereocenters. The van der Waals surface area contributed by atoms with Crippen LogP contribution in [0.5, 0.6) is 0 Å². The summed E-state index contributed by atoms with van der Waals surface area (Å²) < 4.78 is 27.1. The van der Waals surface area contributed by atoms with Crippen LogP contribution in [0.3, 0.4) is 0 Å². The van der Waals surface area contributed by atoms with E-state index < -0.39 is 27.9 Å². The minimum Gasteiger partial charge on any atom is -0.310 e. The van der Waals surface area contributed by atoms with E-state index in [0.29, 0.717) is 42.9 Å². The minimum atomic E-state index is -3.60. The monoisotopic (exact) mass is 455 g/mol. The van der Waals surface area contributed by atoms with E-state index in [4.69, 9.17) is 0 Å². The third-order valence-electron chi connectivity index (χ3n) is 6.13. The number of fused-ring (bicyclic) bond motifs is 2. The molecule has 2 aromatic rings. The zero-order chi connectivity index (χ0) is 23.2. The van der Waals surface area contributed by atoms with Crippen molar-refractivity contribution >= 4 is 33.4 Å². The molecule has 8 nitrogen and oxygen atoms in total. The fourth-order valence-corrected chi connectivity index (χ4v) is 5.88. The van der Waals surface area contributed by atoms with Crippen LogP contribution in [-0.4, -0.2) is 61.0 Å². The van der Waals surface area contributed by atoms with Crippen LogP contribution >= 0.6 is 0 Å². The van der Waals surface area contributed by atoms with Crippen LogP contribution < -0.4 is 4.90 Å². The van der Waals surface area contributed by atoms with Gasteiger partial charge in [0.1, 0.15) is 6.04 Å². The second kappa shape index (κ2) is 8.14. The van der Waals surface area contributed by atoms with Crippen LogP contribution in [-0.2, 0) is 21.2 Å². The molecule has 2 heterocycles. The molecule has 0 radical (unpaired) electrons. The molecule has 0 N–H and O–H groups in total. The number of imide groups is 1. The molecule has 0 aromatic heterocycles.